The highest BCUT2D eigenvalue weighted by Crippen LogP contribution is 2.37. The largest absolute Gasteiger partial charge is 0.494 e. The number of imidazole rings is 1. The van der Waals surface area contributed by atoms with Crippen LogP contribution in [0.4, 0.5) is 0 Å². The van der Waals surface area contributed by atoms with Crippen LogP contribution in [0.5, 0.6) is 0 Å². The second-order valence-corrected chi connectivity index (χ2v) is 10.5. The molecule has 0 aliphatic carbocycles. The molecule has 2 saturated heterocycles. The maximum atomic E-state index is 13.2. The average molecular weight is 472 g/mol. The molecule has 2 aliphatic heterocycles. The lowest BCUT2D eigenvalue weighted by molar-refractivity contribution is -0.133. The lowest BCUT2D eigenvalue weighted by atomic mass is 9.79. The molecule has 35 heavy (non-hydrogen) atoms. The molecule has 2 fully saturated rings. The normalized spacial score (nSPS) is 21.9. The Kier molecular flexibility index (Phi) is 6.07. The maximum absolute atomic E-state index is 13.2. The Balaban J connectivity index is 1.30. The molecule has 3 heterocycles. The van der Waals surface area contributed by atoms with E-state index in [1.54, 1.807) is 0 Å². The van der Waals surface area contributed by atoms with Gasteiger partial charge in [0.2, 0.25) is 5.91 Å². The first-order valence-corrected chi connectivity index (χ1v) is 12.3. The number of H-pyrrole nitrogens is 1. The number of aromatic nitrogens is 2. The van der Waals surface area contributed by atoms with E-state index in [9.17, 15) is 4.79 Å². The number of amides is 1. The summed E-state index contributed by atoms with van der Waals surface area (Å²) in [5, 5.41) is 0. The summed E-state index contributed by atoms with van der Waals surface area (Å²) in [6.45, 7) is 8.89. The van der Waals surface area contributed by atoms with Crippen molar-refractivity contribution < 1.29 is 14.1 Å². The molecule has 1 amide bonds. The molecule has 0 saturated carbocycles. The van der Waals surface area contributed by atoms with Crippen molar-refractivity contribution >= 4 is 18.5 Å². The summed E-state index contributed by atoms with van der Waals surface area (Å²) >= 11 is 0. The number of hydrogen-bond acceptors (Lipinski definition) is 5. The summed E-state index contributed by atoms with van der Waals surface area (Å²) in [7, 11) is -0.390. The lowest BCUT2D eigenvalue weighted by Gasteiger charge is -2.32. The minimum absolute atomic E-state index is 0.0663. The van der Waals surface area contributed by atoms with Gasteiger partial charge in [-0.3, -0.25) is 4.79 Å². The molecule has 0 radical (unpaired) electrons. The number of rotatable bonds is 5. The molecule has 0 unspecified atom stereocenters. The van der Waals surface area contributed by atoms with E-state index < -0.39 is 13.2 Å². The third-order valence-electron chi connectivity index (χ3n) is 7.62. The van der Waals surface area contributed by atoms with E-state index in [1.165, 1.54) is 0 Å². The van der Waals surface area contributed by atoms with Crippen LogP contribution in [0.3, 0.4) is 0 Å². The van der Waals surface area contributed by atoms with Gasteiger partial charge in [-0.2, -0.15) is 0 Å². The molecule has 0 bridgehead atoms. The molecule has 2 atom stereocenters. The number of hydrogen-bond donors (Lipinski definition) is 2. The van der Waals surface area contributed by atoms with Gasteiger partial charge >= 0.3 is 7.12 Å². The van der Waals surface area contributed by atoms with Gasteiger partial charge in [0.15, 0.2) is 0 Å². The van der Waals surface area contributed by atoms with E-state index in [0.29, 0.717) is 6.54 Å². The average Bonchev–Trinajstić information content (AvgIpc) is 3.57. The Morgan fingerprint density at radius 1 is 1.09 bits per heavy atom. The highest BCUT2D eigenvalue weighted by molar-refractivity contribution is 6.62. The van der Waals surface area contributed by atoms with Crippen molar-refractivity contribution in [2.75, 3.05) is 6.54 Å². The molecule has 3 aromatic rings. The molecule has 5 rings (SSSR count). The van der Waals surface area contributed by atoms with Gasteiger partial charge in [-0.1, -0.05) is 54.6 Å². The van der Waals surface area contributed by atoms with Crippen LogP contribution >= 0.6 is 0 Å². The van der Waals surface area contributed by atoms with Crippen molar-refractivity contribution in [3.8, 4) is 11.3 Å². The van der Waals surface area contributed by atoms with Gasteiger partial charge in [-0.25, -0.2) is 4.98 Å². The van der Waals surface area contributed by atoms with E-state index in [2.05, 4.69) is 37.7 Å². The zero-order valence-corrected chi connectivity index (χ0v) is 20.8. The van der Waals surface area contributed by atoms with Gasteiger partial charge in [0.25, 0.3) is 0 Å². The molecule has 182 valence electrons. The molecular formula is C27H33BN4O3. The number of nitrogens with two attached hydrogens (primary N) is 1. The van der Waals surface area contributed by atoms with Crippen LogP contribution in [0.2, 0.25) is 0 Å². The van der Waals surface area contributed by atoms with Crippen molar-refractivity contribution in [3.05, 3.63) is 72.2 Å². The first kappa shape index (κ1) is 23.8. The molecule has 7 nitrogen and oxygen atoms in total. The Morgan fingerprint density at radius 3 is 2.40 bits per heavy atom. The van der Waals surface area contributed by atoms with Crippen molar-refractivity contribution in [1.29, 1.82) is 0 Å². The van der Waals surface area contributed by atoms with Crippen LogP contribution in [0.1, 0.15) is 64.0 Å². The summed E-state index contributed by atoms with van der Waals surface area (Å²) in [5.41, 5.74) is 9.30. The fourth-order valence-corrected chi connectivity index (χ4v) is 4.75. The maximum Gasteiger partial charge on any atom is 0.494 e. The minimum atomic E-state index is -0.672. The highest BCUT2D eigenvalue weighted by atomic mass is 16.7. The van der Waals surface area contributed by atoms with Crippen LogP contribution in [0.15, 0.2) is 60.8 Å². The Hall–Kier alpha value is -2.94. The van der Waals surface area contributed by atoms with Gasteiger partial charge in [0.05, 0.1) is 29.1 Å². The van der Waals surface area contributed by atoms with Crippen LogP contribution in [0.25, 0.3) is 11.3 Å². The van der Waals surface area contributed by atoms with E-state index in [-0.39, 0.29) is 23.2 Å². The predicted octanol–water partition coefficient (Wildman–Crippen LogP) is 3.74. The lowest BCUT2D eigenvalue weighted by Crippen LogP contribution is -2.41. The highest BCUT2D eigenvalue weighted by Gasteiger charge is 2.51. The van der Waals surface area contributed by atoms with Crippen molar-refractivity contribution in [2.45, 2.75) is 63.8 Å². The second kappa shape index (κ2) is 8.93. The van der Waals surface area contributed by atoms with Crippen LogP contribution in [0, 0.1) is 0 Å². The monoisotopic (exact) mass is 472 g/mol. The fraction of sp³-hybridized carbons (Fsp3) is 0.407. The van der Waals surface area contributed by atoms with E-state index in [4.69, 9.17) is 15.0 Å². The molecule has 2 aromatic carbocycles. The summed E-state index contributed by atoms with van der Waals surface area (Å²) in [6, 6.07) is 16.9. The Morgan fingerprint density at radius 2 is 1.74 bits per heavy atom. The zero-order chi connectivity index (χ0) is 24.8. The topological polar surface area (TPSA) is 93.5 Å². The second-order valence-electron chi connectivity index (χ2n) is 10.5. The summed E-state index contributed by atoms with van der Waals surface area (Å²) in [4.78, 5) is 23.1. The number of aromatic amines is 1. The zero-order valence-electron chi connectivity index (χ0n) is 20.8. The standard InChI is InChI=1S/C27H33BN4O3/c1-26(2)27(3,4)35-28(34-26)20-14-12-18(13-15-20)21-17-30-24(31-21)22-11-8-16-32(22)25(33)23(29)19-9-6-5-7-10-19/h5-7,9-10,12-15,17,22-23H,8,11,16,29H2,1-4H3,(H,30,31)/t22-,23+/m0/s1. The third-order valence-corrected chi connectivity index (χ3v) is 7.62. The third kappa shape index (κ3) is 4.42. The SMILES string of the molecule is CC1(C)OB(c2ccc(-c3cnc([C@@H]4CCCN4C(=O)[C@H](N)c4ccccc4)[nH]3)cc2)OC1(C)C. The predicted molar refractivity (Wildman–Crippen MR) is 137 cm³/mol. The first-order chi connectivity index (χ1) is 16.7. The summed E-state index contributed by atoms with van der Waals surface area (Å²) < 4.78 is 12.3. The van der Waals surface area contributed by atoms with Gasteiger partial charge in [0, 0.05) is 6.54 Å². The number of nitrogens with one attached hydrogen (secondary N) is 1. The van der Waals surface area contributed by atoms with E-state index in [1.807, 2.05) is 65.7 Å². The number of likely N-dealkylation sites (tertiary alicyclic amines) is 1. The smallest absolute Gasteiger partial charge is 0.399 e. The number of nitrogens with zero attached hydrogens (tertiary/aromatic N) is 2. The van der Waals surface area contributed by atoms with E-state index >= 15 is 0 Å². The molecular weight excluding hydrogens is 439 g/mol. The van der Waals surface area contributed by atoms with Crippen molar-refractivity contribution in [1.82, 2.24) is 14.9 Å². The van der Waals surface area contributed by atoms with Crippen molar-refractivity contribution in [2.24, 2.45) is 5.73 Å². The van der Waals surface area contributed by atoms with E-state index in [0.717, 1.165) is 40.9 Å². The Labute approximate surface area is 207 Å². The van der Waals surface area contributed by atoms with Crippen LogP contribution in [-0.4, -0.2) is 45.6 Å². The van der Waals surface area contributed by atoms with Gasteiger partial charge in [0.1, 0.15) is 11.9 Å². The number of benzene rings is 2. The summed E-state index contributed by atoms with van der Waals surface area (Å²) in [5.74, 6) is 0.726. The quantitative estimate of drug-likeness (QED) is 0.552. The van der Waals surface area contributed by atoms with Crippen molar-refractivity contribution in [3.63, 3.8) is 0 Å². The van der Waals surface area contributed by atoms with Crippen LogP contribution in [-0.2, 0) is 14.1 Å². The first-order valence-electron chi connectivity index (χ1n) is 12.3. The van der Waals surface area contributed by atoms with Gasteiger partial charge in [-0.15, -0.1) is 0 Å². The number of carbonyl (C=O) groups excluding carboxylic acids is 1. The number of carbonyl (C=O) groups is 1. The molecule has 3 N–H and O–H groups in total. The Bertz CT molecular complexity index is 1180. The minimum Gasteiger partial charge on any atom is -0.399 e. The fourth-order valence-electron chi connectivity index (χ4n) is 4.75. The summed E-state index contributed by atoms with van der Waals surface area (Å²) in [6.07, 6.45) is 3.62. The van der Waals surface area contributed by atoms with Crippen LogP contribution < -0.4 is 11.2 Å². The molecule has 0 spiro atoms. The molecule has 1 aromatic heterocycles. The molecule has 8 heteroatoms. The molecule has 2 aliphatic rings. The van der Waals surface area contributed by atoms with Gasteiger partial charge in [-0.05, 0) is 57.1 Å². The van der Waals surface area contributed by atoms with Gasteiger partial charge < -0.3 is 24.9 Å².